The molecule has 0 aliphatic carbocycles. The summed E-state index contributed by atoms with van der Waals surface area (Å²) in [4.78, 5) is 1.39. The van der Waals surface area contributed by atoms with E-state index >= 15 is 0 Å². The molecule has 0 saturated carbocycles. The first-order chi connectivity index (χ1) is 8.54. The van der Waals surface area contributed by atoms with E-state index in [2.05, 4.69) is 58.1 Å². The van der Waals surface area contributed by atoms with Gasteiger partial charge in [0, 0.05) is 16.7 Å². The fraction of sp³-hybridized carbons (Fsp3) is 0.625. The zero-order valence-electron chi connectivity index (χ0n) is 12.4. The van der Waals surface area contributed by atoms with Crippen molar-refractivity contribution in [2.24, 2.45) is 5.92 Å². The lowest BCUT2D eigenvalue weighted by atomic mass is 10.1. The molecule has 1 nitrogen and oxygen atoms in total. The van der Waals surface area contributed by atoms with E-state index in [0.717, 1.165) is 12.3 Å². The van der Waals surface area contributed by atoms with Gasteiger partial charge in [-0.1, -0.05) is 26.8 Å². The lowest BCUT2D eigenvalue weighted by Gasteiger charge is -2.22. The third kappa shape index (κ3) is 5.03. The first-order valence-corrected chi connectivity index (χ1v) is 7.96. The molecule has 0 heterocycles. The third-order valence-electron chi connectivity index (χ3n) is 3.37. The summed E-state index contributed by atoms with van der Waals surface area (Å²) in [5.41, 5.74) is 2.77. The standard InChI is InChI=1S/C16H27NS/c1-6-9-17-16(12(2)3)11-18-15-8-7-13(4)14(5)10-15/h7-8,10,12,16-17H,6,9,11H2,1-5H3. The van der Waals surface area contributed by atoms with Crippen molar-refractivity contribution in [1.29, 1.82) is 0 Å². The molecule has 0 saturated heterocycles. The van der Waals surface area contributed by atoms with Crippen LogP contribution >= 0.6 is 11.8 Å². The number of benzene rings is 1. The summed E-state index contributed by atoms with van der Waals surface area (Å²) in [5.74, 6) is 1.84. The van der Waals surface area contributed by atoms with E-state index in [1.165, 1.54) is 22.4 Å². The predicted molar refractivity (Wildman–Crippen MR) is 83.6 cm³/mol. The van der Waals surface area contributed by atoms with Gasteiger partial charge in [0.05, 0.1) is 0 Å². The Kier molecular flexibility index (Phi) is 6.80. The molecule has 0 radical (unpaired) electrons. The van der Waals surface area contributed by atoms with E-state index in [1.807, 2.05) is 11.8 Å². The minimum absolute atomic E-state index is 0.608. The second-order valence-electron chi connectivity index (χ2n) is 5.36. The minimum Gasteiger partial charge on any atom is -0.313 e. The van der Waals surface area contributed by atoms with Crippen molar-refractivity contribution in [2.45, 2.75) is 52.0 Å². The first kappa shape index (κ1) is 15.6. The summed E-state index contributed by atoms with van der Waals surface area (Å²) in [7, 11) is 0. The van der Waals surface area contributed by atoms with Crippen molar-refractivity contribution in [1.82, 2.24) is 5.32 Å². The van der Waals surface area contributed by atoms with E-state index in [1.54, 1.807) is 0 Å². The summed E-state index contributed by atoms with van der Waals surface area (Å²) in [6, 6.07) is 7.37. The number of nitrogens with one attached hydrogen (secondary N) is 1. The Balaban J connectivity index is 2.52. The van der Waals surface area contributed by atoms with Crippen LogP contribution in [0.15, 0.2) is 23.1 Å². The van der Waals surface area contributed by atoms with Gasteiger partial charge in [0.2, 0.25) is 0 Å². The molecule has 1 aromatic rings. The van der Waals surface area contributed by atoms with Crippen molar-refractivity contribution >= 4 is 11.8 Å². The molecule has 0 fully saturated rings. The van der Waals surface area contributed by atoms with Crippen LogP contribution in [0.25, 0.3) is 0 Å². The summed E-state index contributed by atoms with van der Waals surface area (Å²) in [6.07, 6.45) is 1.21. The largest absolute Gasteiger partial charge is 0.313 e. The molecule has 0 amide bonds. The summed E-state index contributed by atoms with van der Waals surface area (Å²) in [5, 5.41) is 3.64. The average Bonchev–Trinajstić information content (AvgIpc) is 2.33. The Morgan fingerprint density at radius 2 is 1.89 bits per heavy atom. The Hall–Kier alpha value is -0.470. The molecule has 0 aliphatic heterocycles. The maximum Gasteiger partial charge on any atom is 0.0184 e. The molecule has 18 heavy (non-hydrogen) atoms. The van der Waals surface area contributed by atoms with Crippen LogP contribution in [-0.2, 0) is 0 Å². The molecule has 1 unspecified atom stereocenters. The lowest BCUT2D eigenvalue weighted by Crippen LogP contribution is -2.36. The van der Waals surface area contributed by atoms with Crippen molar-refractivity contribution in [2.75, 3.05) is 12.3 Å². The van der Waals surface area contributed by atoms with E-state index in [9.17, 15) is 0 Å². The van der Waals surface area contributed by atoms with Gasteiger partial charge < -0.3 is 5.32 Å². The highest BCUT2D eigenvalue weighted by Gasteiger charge is 2.12. The smallest absolute Gasteiger partial charge is 0.0184 e. The maximum absolute atomic E-state index is 3.64. The van der Waals surface area contributed by atoms with Crippen molar-refractivity contribution in [3.05, 3.63) is 29.3 Å². The van der Waals surface area contributed by atoms with E-state index in [0.29, 0.717) is 12.0 Å². The second kappa shape index (κ2) is 7.85. The normalized spacial score (nSPS) is 13.0. The highest BCUT2D eigenvalue weighted by molar-refractivity contribution is 7.99. The minimum atomic E-state index is 0.608. The molecule has 0 aromatic heterocycles. The zero-order chi connectivity index (χ0) is 13.5. The number of thioether (sulfide) groups is 1. The summed E-state index contributed by atoms with van der Waals surface area (Å²) >= 11 is 1.97. The van der Waals surface area contributed by atoms with E-state index in [-0.39, 0.29) is 0 Å². The van der Waals surface area contributed by atoms with E-state index < -0.39 is 0 Å². The maximum atomic E-state index is 3.64. The average molecular weight is 265 g/mol. The molecular weight excluding hydrogens is 238 g/mol. The highest BCUT2D eigenvalue weighted by Crippen LogP contribution is 2.23. The summed E-state index contributed by atoms with van der Waals surface area (Å²) in [6.45, 7) is 12.3. The van der Waals surface area contributed by atoms with Crippen LogP contribution in [0, 0.1) is 19.8 Å². The van der Waals surface area contributed by atoms with Gasteiger partial charge in [0.15, 0.2) is 0 Å². The predicted octanol–water partition coefficient (Wildman–Crippen LogP) is 4.42. The number of aryl methyl sites for hydroxylation is 2. The Morgan fingerprint density at radius 3 is 2.44 bits per heavy atom. The van der Waals surface area contributed by atoms with Crippen LogP contribution in [0.1, 0.15) is 38.3 Å². The van der Waals surface area contributed by atoms with Gasteiger partial charge in [0.1, 0.15) is 0 Å². The van der Waals surface area contributed by atoms with Crippen LogP contribution in [0.3, 0.4) is 0 Å². The van der Waals surface area contributed by atoms with Crippen molar-refractivity contribution < 1.29 is 0 Å². The Morgan fingerprint density at radius 1 is 1.17 bits per heavy atom. The summed E-state index contributed by atoms with van der Waals surface area (Å²) < 4.78 is 0. The monoisotopic (exact) mass is 265 g/mol. The van der Waals surface area contributed by atoms with Gasteiger partial charge in [-0.25, -0.2) is 0 Å². The lowest BCUT2D eigenvalue weighted by molar-refractivity contribution is 0.434. The van der Waals surface area contributed by atoms with Gasteiger partial charge in [-0.3, -0.25) is 0 Å². The highest BCUT2D eigenvalue weighted by atomic mass is 32.2. The molecule has 1 rings (SSSR count). The molecule has 1 N–H and O–H groups in total. The molecule has 0 aliphatic rings. The van der Waals surface area contributed by atoms with Gasteiger partial charge in [0.25, 0.3) is 0 Å². The van der Waals surface area contributed by atoms with Gasteiger partial charge in [-0.15, -0.1) is 11.8 Å². The van der Waals surface area contributed by atoms with Crippen LogP contribution in [0.4, 0.5) is 0 Å². The molecule has 1 atom stereocenters. The number of hydrogen-bond donors (Lipinski definition) is 1. The Bertz CT molecular complexity index is 360. The molecular formula is C16H27NS. The fourth-order valence-electron chi connectivity index (χ4n) is 1.81. The topological polar surface area (TPSA) is 12.0 Å². The Labute approximate surface area is 117 Å². The first-order valence-electron chi connectivity index (χ1n) is 6.98. The third-order valence-corrected chi connectivity index (χ3v) is 4.48. The van der Waals surface area contributed by atoms with Gasteiger partial charge >= 0.3 is 0 Å². The van der Waals surface area contributed by atoms with Gasteiger partial charge in [-0.05, 0) is 56.0 Å². The van der Waals surface area contributed by atoms with E-state index in [4.69, 9.17) is 0 Å². The second-order valence-corrected chi connectivity index (χ2v) is 6.46. The molecule has 2 heteroatoms. The van der Waals surface area contributed by atoms with Gasteiger partial charge in [-0.2, -0.15) is 0 Å². The zero-order valence-corrected chi connectivity index (χ0v) is 13.2. The van der Waals surface area contributed by atoms with Crippen molar-refractivity contribution in [3.8, 4) is 0 Å². The van der Waals surface area contributed by atoms with Crippen molar-refractivity contribution in [3.63, 3.8) is 0 Å². The quantitative estimate of drug-likeness (QED) is 0.732. The molecule has 0 spiro atoms. The van der Waals surface area contributed by atoms with Crippen LogP contribution in [0.5, 0.6) is 0 Å². The SMILES string of the molecule is CCCNC(CSc1ccc(C)c(C)c1)C(C)C. The fourth-order valence-corrected chi connectivity index (χ4v) is 3.11. The number of rotatable bonds is 7. The molecule has 102 valence electrons. The molecule has 1 aromatic carbocycles. The van der Waals surface area contributed by atoms with Crippen LogP contribution in [0.2, 0.25) is 0 Å². The molecule has 0 bridgehead atoms. The number of hydrogen-bond acceptors (Lipinski definition) is 2. The van der Waals surface area contributed by atoms with Crippen LogP contribution < -0.4 is 5.32 Å². The van der Waals surface area contributed by atoms with Crippen LogP contribution in [-0.4, -0.2) is 18.3 Å².